The van der Waals surface area contributed by atoms with Crippen LogP contribution in [0.5, 0.6) is 0 Å². The Bertz CT molecular complexity index is 384. The molecule has 1 atom stereocenters. The van der Waals surface area contributed by atoms with Crippen molar-refractivity contribution in [1.82, 2.24) is 5.32 Å². The average Bonchev–Trinajstić information content (AvgIpc) is 2.57. The third kappa shape index (κ3) is 3.63. The summed E-state index contributed by atoms with van der Waals surface area (Å²) in [7, 11) is 0. The van der Waals surface area contributed by atoms with Gasteiger partial charge in [0.15, 0.2) is 5.78 Å². The van der Waals surface area contributed by atoms with Crippen molar-refractivity contribution in [2.75, 3.05) is 6.54 Å². The molecule has 1 fully saturated rings. The van der Waals surface area contributed by atoms with Gasteiger partial charge in [0, 0.05) is 18.0 Å². The first-order chi connectivity index (χ1) is 8.25. The lowest BCUT2D eigenvalue weighted by atomic mass is 10.0. The second-order valence-corrected chi connectivity index (χ2v) is 4.64. The lowest BCUT2D eigenvalue weighted by molar-refractivity contribution is 0.0967. The van der Waals surface area contributed by atoms with E-state index in [4.69, 9.17) is 0 Å². The van der Waals surface area contributed by atoms with E-state index >= 15 is 0 Å². The van der Waals surface area contributed by atoms with Crippen LogP contribution in [0.25, 0.3) is 0 Å². The summed E-state index contributed by atoms with van der Waals surface area (Å²) in [5, 5.41) is 3.38. The van der Waals surface area contributed by atoms with Crippen LogP contribution in [-0.4, -0.2) is 18.4 Å². The van der Waals surface area contributed by atoms with Crippen molar-refractivity contribution < 1.29 is 9.18 Å². The molecule has 1 saturated heterocycles. The molecule has 1 N–H and O–H groups in total. The zero-order valence-corrected chi connectivity index (χ0v) is 9.92. The molecular formula is C14H18FNO. The standard InChI is InChI=1S/C14H18FNO/c15-12-6-4-5-11(9-12)14(17)10-13-7-2-1-3-8-16-13/h4-6,9,13,16H,1-3,7-8,10H2. The van der Waals surface area contributed by atoms with Gasteiger partial charge < -0.3 is 5.32 Å². The Morgan fingerprint density at radius 1 is 1.35 bits per heavy atom. The molecule has 0 radical (unpaired) electrons. The molecule has 1 heterocycles. The van der Waals surface area contributed by atoms with E-state index in [9.17, 15) is 9.18 Å². The molecule has 0 aliphatic carbocycles. The van der Waals surface area contributed by atoms with Gasteiger partial charge in [-0.15, -0.1) is 0 Å². The minimum absolute atomic E-state index is 0.0314. The van der Waals surface area contributed by atoms with Crippen molar-refractivity contribution in [3.8, 4) is 0 Å². The average molecular weight is 235 g/mol. The molecule has 1 aromatic carbocycles. The van der Waals surface area contributed by atoms with E-state index < -0.39 is 0 Å². The van der Waals surface area contributed by atoms with E-state index in [2.05, 4.69) is 5.32 Å². The molecule has 3 heteroatoms. The summed E-state index contributed by atoms with van der Waals surface area (Å²) in [4.78, 5) is 12.0. The van der Waals surface area contributed by atoms with E-state index in [1.165, 1.54) is 31.4 Å². The molecule has 0 saturated carbocycles. The molecule has 1 aliphatic heterocycles. The zero-order chi connectivity index (χ0) is 12.1. The zero-order valence-electron chi connectivity index (χ0n) is 9.92. The predicted octanol–water partition coefficient (Wildman–Crippen LogP) is 2.93. The number of carbonyl (C=O) groups excluding carboxylic acids is 1. The molecule has 1 unspecified atom stereocenters. The first-order valence-electron chi connectivity index (χ1n) is 6.28. The van der Waals surface area contributed by atoms with Crippen LogP contribution in [0, 0.1) is 5.82 Å². The number of ketones is 1. The fourth-order valence-corrected chi connectivity index (χ4v) is 2.28. The Balaban J connectivity index is 1.96. The number of carbonyl (C=O) groups is 1. The molecule has 0 amide bonds. The Kier molecular flexibility index (Phi) is 4.26. The maximum absolute atomic E-state index is 13.0. The van der Waals surface area contributed by atoms with Crippen molar-refractivity contribution in [3.05, 3.63) is 35.6 Å². The van der Waals surface area contributed by atoms with Gasteiger partial charge in [0.25, 0.3) is 0 Å². The van der Waals surface area contributed by atoms with Crippen LogP contribution in [0.1, 0.15) is 42.5 Å². The lowest BCUT2D eigenvalue weighted by Crippen LogP contribution is -2.30. The highest BCUT2D eigenvalue weighted by Crippen LogP contribution is 2.14. The minimum Gasteiger partial charge on any atom is -0.314 e. The second kappa shape index (κ2) is 5.92. The van der Waals surface area contributed by atoms with Gasteiger partial charge in [-0.1, -0.05) is 25.0 Å². The number of Topliss-reactive ketones (excluding diaryl/α,β-unsaturated/α-hetero) is 1. The molecule has 17 heavy (non-hydrogen) atoms. The van der Waals surface area contributed by atoms with Crippen molar-refractivity contribution in [2.24, 2.45) is 0 Å². The summed E-state index contributed by atoms with van der Waals surface area (Å²) in [5.41, 5.74) is 0.482. The lowest BCUT2D eigenvalue weighted by Gasteiger charge is -2.14. The van der Waals surface area contributed by atoms with Gasteiger partial charge in [-0.2, -0.15) is 0 Å². The Labute approximate surface area is 101 Å². The summed E-state index contributed by atoms with van der Waals surface area (Å²) in [5.74, 6) is -0.312. The van der Waals surface area contributed by atoms with Crippen LogP contribution in [0.2, 0.25) is 0 Å². The summed E-state index contributed by atoms with van der Waals surface area (Å²) >= 11 is 0. The number of halogens is 1. The van der Waals surface area contributed by atoms with Crippen molar-refractivity contribution in [2.45, 2.75) is 38.1 Å². The van der Waals surface area contributed by atoms with Gasteiger partial charge in [-0.3, -0.25) is 4.79 Å². The maximum atomic E-state index is 13.0. The predicted molar refractivity (Wildman–Crippen MR) is 65.6 cm³/mol. The molecule has 0 bridgehead atoms. The number of nitrogens with one attached hydrogen (secondary N) is 1. The molecule has 1 aliphatic rings. The first kappa shape index (κ1) is 12.2. The van der Waals surface area contributed by atoms with Crippen molar-refractivity contribution in [1.29, 1.82) is 0 Å². The van der Waals surface area contributed by atoms with E-state index in [0.717, 1.165) is 13.0 Å². The highest BCUT2D eigenvalue weighted by molar-refractivity contribution is 5.96. The van der Waals surface area contributed by atoms with Crippen LogP contribution in [0.15, 0.2) is 24.3 Å². The molecule has 92 valence electrons. The van der Waals surface area contributed by atoms with Gasteiger partial charge in [0.1, 0.15) is 5.82 Å². The van der Waals surface area contributed by atoms with E-state index in [1.54, 1.807) is 12.1 Å². The Morgan fingerprint density at radius 2 is 2.24 bits per heavy atom. The van der Waals surface area contributed by atoms with Gasteiger partial charge in [0.2, 0.25) is 0 Å². The van der Waals surface area contributed by atoms with Crippen molar-refractivity contribution in [3.63, 3.8) is 0 Å². The molecular weight excluding hydrogens is 217 g/mol. The molecule has 2 nitrogen and oxygen atoms in total. The molecule has 0 spiro atoms. The molecule has 1 aromatic rings. The highest BCUT2D eigenvalue weighted by atomic mass is 19.1. The first-order valence-corrected chi connectivity index (χ1v) is 6.28. The number of benzene rings is 1. The van der Waals surface area contributed by atoms with Crippen molar-refractivity contribution >= 4 is 5.78 Å². The highest BCUT2D eigenvalue weighted by Gasteiger charge is 2.16. The monoisotopic (exact) mass is 235 g/mol. The molecule has 2 rings (SSSR count). The normalized spacial score (nSPS) is 20.9. The second-order valence-electron chi connectivity index (χ2n) is 4.64. The Hall–Kier alpha value is -1.22. The third-order valence-electron chi connectivity index (χ3n) is 3.24. The molecule has 0 aromatic heterocycles. The minimum atomic E-state index is -0.343. The summed E-state index contributed by atoms with van der Waals surface area (Å²) in [6, 6.07) is 6.21. The Morgan fingerprint density at radius 3 is 3.06 bits per heavy atom. The fraction of sp³-hybridized carbons (Fsp3) is 0.500. The summed E-state index contributed by atoms with van der Waals surface area (Å²) < 4.78 is 13.0. The number of hydrogen-bond donors (Lipinski definition) is 1. The number of hydrogen-bond acceptors (Lipinski definition) is 2. The van der Waals surface area contributed by atoms with Gasteiger partial charge in [-0.05, 0) is 31.5 Å². The SMILES string of the molecule is O=C(CC1CCCCCN1)c1cccc(F)c1. The van der Waals surface area contributed by atoms with Crippen LogP contribution < -0.4 is 5.32 Å². The van der Waals surface area contributed by atoms with E-state index in [1.807, 2.05) is 0 Å². The van der Waals surface area contributed by atoms with Gasteiger partial charge in [-0.25, -0.2) is 4.39 Å². The topological polar surface area (TPSA) is 29.1 Å². The summed E-state index contributed by atoms with van der Waals surface area (Å²) in [6.07, 6.45) is 5.11. The fourth-order valence-electron chi connectivity index (χ4n) is 2.28. The largest absolute Gasteiger partial charge is 0.314 e. The van der Waals surface area contributed by atoms with Crippen LogP contribution in [0.3, 0.4) is 0 Å². The van der Waals surface area contributed by atoms with E-state index in [0.29, 0.717) is 12.0 Å². The van der Waals surface area contributed by atoms with Crippen LogP contribution >= 0.6 is 0 Å². The summed E-state index contributed by atoms with van der Waals surface area (Å²) in [6.45, 7) is 0.987. The number of rotatable bonds is 3. The van der Waals surface area contributed by atoms with Gasteiger partial charge >= 0.3 is 0 Å². The quantitative estimate of drug-likeness (QED) is 0.816. The van der Waals surface area contributed by atoms with Crippen LogP contribution in [0.4, 0.5) is 4.39 Å². The van der Waals surface area contributed by atoms with Crippen LogP contribution in [-0.2, 0) is 0 Å². The maximum Gasteiger partial charge on any atom is 0.164 e. The third-order valence-corrected chi connectivity index (χ3v) is 3.24. The van der Waals surface area contributed by atoms with Gasteiger partial charge in [0.05, 0.1) is 0 Å². The van der Waals surface area contributed by atoms with E-state index in [-0.39, 0.29) is 17.6 Å². The smallest absolute Gasteiger partial charge is 0.164 e.